The Bertz CT molecular complexity index is 656. The Morgan fingerprint density at radius 3 is 2.05 bits per heavy atom. The van der Waals surface area contributed by atoms with E-state index in [4.69, 9.17) is 5.11 Å². The smallest absolute Gasteiger partial charge is 0.322 e. The summed E-state index contributed by atoms with van der Waals surface area (Å²) in [5.41, 5.74) is 0.846. The predicted molar refractivity (Wildman–Crippen MR) is 82.2 cm³/mol. The van der Waals surface area contributed by atoms with E-state index >= 15 is 0 Å². The number of nitrogens with one attached hydrogen (secondary N) is 1. The summed E-state index contributed by atoms with van der Waals surface area (Å²) in [4.78, 5) is 22.1. The molecule has 0 aliphatic rings. The van der Waals surface area contributed by atoms with Crippen LogP contribution in [0.1, 0.15) is 39.7 Å². The van der Waals surface area contributed by atoms with Crippen molar-refractivity contribution < 1.29 is 23.1 Å². The molecule has 1 aromatic carbocycles. The third-order valence-corrected chi connectivity index (χ3v) is 4.61. The van der Waals surface area contributed by atoms with E-state index in [-0.39, 0.29) is 10.3 Å². The minimum atomic E-state index is -4.00. The number of sulfonamides is 1. The van der Waals surface area contributed by atoms with E-state index in [1.54, 1.807) is 12.1 Å². The number of hydrogen-bond donors (Lipinski definition) is 2. The van der Waals surface area contributed by atoms with Gasteiger partial charge in [-0.3, -0.25) is 9.59 Å². The van der Waals surface area contributed by atoms with Crippen molar-refractivity contribution in [3.8, 4) is 0 Å². The topological polar surface area (TPSA) is 101 Å². The Morgan fingerprint density at radius 1 is 1.18 bits per heavy atom. The van der Waals surface area contributed by atoms with Crippen molar-refractivity contribution in [3.05, 3.63) is 29.8 Å². The summed E-state index contributed by atoms with van der Waals surface area (Å²) in [6.45, 7) is 7.22. The molecule has 1 atom stereocenters. The van der Waals surface area contributed by atoms with Crippen molar-refractivity contribution in [3.63, 3.8) is 0 Å². The minimum absolute atomic E-state index is 0.0321. The lowest BCUT2D eigenvalue weighted by molar-refractivity contribution is -0.140. The molecule has 0 fully saturated rings. The highest BCUT2D eigenvalue weighted by molar-refractivity contribution is 7.89. The zero-order chi connectivity index (χ0) is 17.1. The van der Waals surface area contributed by atoms with Gasteiger partial charge in [-0.15, -0.1) is 0 Å². The van der Waals surface area contributed by atoms with E-state index in [9.17, 15) is 18.0 Å². The van der Waals surface area contributed by atoms with Crippen molar-refractivity contribution in [1.82, 2.24) is 4.72 Å². The van der Waals surface area contributed by atoms with Crippen LogP contribution in [0, 0.1) is 0 Å². The number of hydrogen-bond acceptors (Lipinski definition) is 4. The second kappa shape index (κ2) is 6.58. The molecule has 0 heterocycles. The van der Waals surface area contributed by atoms with E-state index < -0.39 is 34.2 Å². The van der Waals surface area contributed by atoms with Crippen molar-refractivity contribution in [1.29, 1.82) is 0 Å². The highest BCUT2D eigenvalue weighted by Gasteiger charge is 2.26. The lowest BCUT2D eigenvalue weighted by Crippen LogP contribution is -2.41. The number of aliphatic carboxylic acids is 1. The van der Waals surface area contributed by atoms with Gasteiger partial charge in [-0.1, -0.05) is 32.9 Å². The highest BCUT2D eigenvalue weighted by atomic mass is 32.2. The van der Waals surface area contributed by atoms with Gasteiger partial charge in [0.15, 0.2) is 0 Å². The van der Waals surface area contributed by atoms with Crippen LogP contribution in [0.3, 0.4) is 0 Å². The summed E-state index contributed by atoms with van der Waals surface area (Å²) in [7, 11) is -4.00. The molecule has 6 nitrogen and oxygen atoms in total. The predicted octanol–water partition coefficient (Wildman–Crippen LogP) is 1.69. The number of rotatable bonds is 6. The van der Waals surface area contributed by atoms with Crippen molar-refractivity contribution >= 4 is 21.8 Å². The molecule has 0 aliphatic heterocycles. The number of benzene rings is 1. The normalized spacial score (nSPS) is 13.6. The van der Waals surface area contributed by atoms with E-state index in [1.807, 2.05) is 20.8 Å². The third kappa shape index (κ3) is 4.92. The van der Waals surface area contributed by atoms with E-state index in [1.165, 1.54) is 19.1 Å². The van der Waals surface area contributed by atoms with Gasteiger partial charge in [-0.05, 0) is 30.0 Å². The SMILES string of the molecule is CC(=O)CC(NS(=O)(=O)c1ccc(C(C)(C)C)cc1)C(=O)O. The Labute approximate surface area is 130 Å². The molecule has 7 heteroatoms. The fourth-order valence-electron chi connectivity index (χ4n) is 1.86. The van der Waals surface area contributed by atoms with Gasteiger partial charge < -0.3 is 5.11 Å². The molecule has 1 rings (SSSR count). The Kier molecular flexibility index (Phi) is 5.48. The van der Waals surface area contributed by atoms with E-state index in [0.29, 0.717) is 0 Å². The zero-order valence-corrected chi connectivity index (χ0v) is 13.9. The van der Waals surface area contributed by atoms with Crippen LogP contribution in [0.15, 0.2) is 29.2 Å². The van der Waals surface area contributed by atoms with Gasteiger partial charge in [0.1, 0.15) is 11.8 Å². The Hall–Kier alpha value is -1.73. The number of carboxylic acid groups (broad SMARTS) is 1. The molecule has 22 heavy (non-hydrogen) atoms. The molecule has 0 saturated carbocycles. The molecule has 0 aliphatic carbocycles. The number of carbonyl (C=O) groups excluding carboxylic acids is 1. The maximum atomic E-state index is 12.2. The van der Waals surface area contributed by atoms with Crippen LogP contribution in [0.25, 0.3) is 0 Å². The van der Waals surface area contributed by atoms with Crippen LogP contribution in [-0.4, -0.2) is 31.3 Å². The average Bonchev–Trinajstić information content (AvgIpc) is 2.36. The molecule has 0 spiro atoms. The summed E-state index contributed by atoms with van der Waals surface area (Å²) in [5, 5.41) is 9.00. The summed E-state index contributed by atoms with van der Waals surface area (Å²) in [5.74, 6) is -1.79. The second-order valence-electron chi connectivity index (χ2n) is 6.19. The van der Waals surface area contributed by atoms with E-state index in [2.05, 4.69) is 4.72 Å². The van der Waals surface area contributed by atoms with Crippen LogP contribution >= 0.6 is 0 Å². The third-order valence-electron chi connectivity index (χ3n) is 3.12. The Balaban J connectivity index is 3.03. The summed E-state index contributed by atoms with van der Waals surface area (Å²) >= 11 is 0. The van der Waals surface area contributed by atoms with Crippen LogP contribution in [0.2, 0.25) is 0 Å². The van der Waals surface area contributed by atoms with Gasteiger partial charge in [0.05, 0.1) is 4.90 Å². The minimum Gasteiger partial charge on any atom is -0.480 e. The first-order valence-corrected chi connectivity index (χ1v) is 8.27. The second-order valence-corrected chi connectivity index (χ2v) is 7.91. The molecule has 0 saturated heterocycles. The molecule has 2 N–H and O–H groups in total. The maximum Gasteiger partial charge on any atom is 0.322 e. The van der Waals surface area contributed by atoms with Gasteiger partial charge >= 0.3 is 5.97 Å². The van der Waals surface area contributed by atoms with Crippen LogP contribution < -0.4 is 4.72 Å². The first kappa shape index (κ1) is 18.3. The largest absolute Gasteiger partial charge is 0.480 e. The molecule has 0 aromatic heterocycles. The van der Waals surface area contributed by atoms with Gasteiger partial charge in [0.2, 0.25) is 10.0 Å². The Morgan fingerprint density at radius 2 is 1.68 bits per heavy atom. The van der Waals surface area contributed by atoms with Crippen LogP contribution in [0.4, 0.5) is 0 Å². The zero-order valence-electron chi connectivity index (χ0n) is 13.1. The number of Topliss-reactive ketones (excluding diaryl/α,β-unsaturated/α-hetero) is 1. The lowest BCUT2D eigenvalue weighted by atomic mass is 9.87. The van der Waals surface area contributed by atoms with Gasteiger partial charge in [-0.25, -0.2) is 8.42 Å². The fraction of sp³-hybridized carbons (Fsp3) is 0.467. The molecule has 122 valence electrons. The first-order valence-electron chi connectivity index (χ1n) is 6.78. The number of carbonyl (C=O) groups is 2. The fourth-order valence-corrected chi connectivity index (χ4v) is 3.05. The van der Waals surface area contributed by atoms with Gasteiger partial charge in [0.25, 0.3) is 0 Å². The molecule has 0 amide bonds. The maximum absolute atomic E-state index is 12.2. The van der Waals surface area contributed by atoms with Crippen molar-refractivity contribution in [2.75, 3.05) is 0 Å². The van der Waals surface area contributed by atoms with Crippen LogP contribution in [-0.2, 0) is 25.0 Å². The molecule has 0 bridgehead atoms. The van der Waals surface area contributed by atoms with Gasteiger partial charge in [-0.2, -0.15) is 4.72 Å². The monoisotopic (exact) mass is 327 g/mol. The molecule has 1 aromatic rings. The first-order chi connectivity index (χ1) is 9.93. The van der Waals surface area contributed by atoms with Crippen molar-refractivity contribution in [2.45, 2.75) is 50.5 Å². The highest BCUT2D eigenvalue weighted by Crippen LogP contribution is 2.23. The average molecular weight is 327 g/mol. The summed E-state index contributed by atoms with van der Waals surface area (Å²) in [6.07, 6.45) is -0.394. The van der Waals surface area contributed by atoms with E-state index in [0.717, 1.165) is 5.56 Å². The summed E-state index contributed by atoms with van der Waals surface area (Å²) in [6, 6.07) is 4.76. The lowest BCUT2D eigenvalue weighted by Gasteiger charge is -2.19. The van der Waals surface area contributed by atoms with Crippen LogP contribution in [0.5, 0.6) is 0 Å². The number of ketones is 1. The molecule has 0 radical (unpaired) electrons. The molecular weight excluding hydrogens is 306 g/mol. The number of carboxylic acids is 1. The molecule has 1 unspecified atom stereocenters. The standard InChI is InChI=1S/C15H21NO5S/c1-10(17)9-13(14(18)19)16-22(20,21)12-7-5-11(6-8-12)15(2,3)4/h5-8,13,16H,9H2,1-4H3,(H,18,19). The molecular formula is C15H21NO5S. The quantitative estimate of drug-likeness (QED) is 0.828. The van der Waals surface area contributed by atoms with Gasteiger partial charge in [0, 0.05) is 6.42 Å². The summed E-state index contributed by atoms with van der Waals surface area (Å²) < 4.78 is 26.5. The van der Waals surface area contributed by atoms with Crippen molar-refractivity contribution in [2.24, 2.45) is 0 Å².